The van der Waals surface area contributed by atoms with Gasteiger partial charge in [0.05, 0.1) is 0 Å². The molecule has 2 N–H and O–H groups in total. The minimum Gasteiger partial charge on any atom is -0.870 e. The lowest BCUT2D eigenvalue weighted by Crippen LogP contribution is -1.91. The first kappa shape index (κ1) is 15.6. The van der Waals surface area contributed by atoms with Gasteiger partial charge >= 0.3 is 0 Å². The van der Waals surface area contributed by atoms with E-state index in [4.69, 9.17) is 0 Å². The quantitative estimate of drug-likeness (QED) is 0.725. The zero-order valence-corrected chi connectivity index (χ0v) is 9.36. The molecule has 1 rings (SSSR count). The van der Waals surface area contributed by atoms with Crippen LogP contribution in [0, 0.1) is 0 Å². The minimum absolute atomic E-state index is 0. The molecule has 2 heteroatoms. The van der Waals surface area contributed by atoms with E-state index in [0.717, 1.165) is 0 Å². The number of rotatable bonds is 2. The molecule has 0 fully saturated rings. The zero-order valence-electron chi connectivity index (χ0n) is 9.36. The van der Waals surface area contributed by atoms with Gasteiger partial charge in [-0.15, -0.1) is 0 Å². The van der Waals surface area contributed by atoms with Crippen LogP contribution in [0.2, 0.25) is 0 Å². The Bertz CT molecular complexity index is 231. The molecule has 0 aliphatic rings. The summed E-state index contributed by atoms with van der Waals surface area (Å²) in [6.45, 7) is 8.94. The van der Waals surface area contributed by atoms with Crippen LogP contribution in [-0.2, 0) is 0 Å². The maximum Gasteiger partial charge on any atom is -0.0219 e. The Hall–Kier alpha value is -0.860. The van der Waals surface area contributed by atoms with Crippen molar-refractivity contribution in [3.63, 3.8) is 0 Å². The molecule has 0 atom stereocenters. The van der Waals surface area contributed by atoms with Gasteiger partial charge in [0.2, 0.25) is 0 Å². The summed E-state index contributed by atoms with van der Waals surface area (Å²) in [6, 6.07) is 8.88. The number of hydrogen-bond donors (Lipinski definition) is 0. The van der Waals surface area contributed by atoms with Gasteiger partial charge in [0, 0.05) is 0 Å². The van der Waals surface area contributed by atoms with Crippen LogP contribution in [0.25, 0.3) is 0 Å². The topological polar surface area (TPSA) is 60.0 Å². The van der Waals surface area contributed by atoms with Crippen molar-refractivity contribution < 1.29 is 11.0 Å². The standard InChI is InChI=1S/C12H18.2H2O/c1-9(2)11-6-5-7-12(8-11)10(3)4;;/h5-10H,1-4H3;2*1H2/p-2. The lowest BCUT2D eigenvalue weighted by molar-refractivity contribution is 0.823. The highest BCUT2D eigenvalue weighted by molar-refractivity contribution is 5.27. The molecule has 0 heterocycles. The highest BCUT2D eigenvalue weighted by Gasteiger charge is 2.02. The van der Waals surface area contributed by atoms with Crippen LogP contribution in [0.15, 0.2) is 24.3 Å². The summed E-state index contributed by atoms with van der Waals surface area (Å²) >= 11 is 0. The molecule has 1 aromatic rings. The van der Waals surface area contributed by atoms with E-state index in [-0.39, 0.29) is 11.0 Å². The van der Waals surface area contributed by atoms with Gasteiger partial charge in [-0.05, 0) is 23.0 Å². The molecular weight excluding hydrogens is 176 g/mol. The Morgan fingerprint density at radius 1 is 0.786 bits per heavy atom. The van der Waals surface area contributed by atoms with E-state index >= 15 is 0 Å². The highest BCUT2D eigenvalue weighted by Crippen LogP contribution is 2.20. The van der Waals surface area contributed by atoms with Crippen LogP contribution in [0.1, 0.15) is 50.7 Å². The summed E-state index contributed by atoms with van der Waals surface area (Å²) in [5.74, 6) is 1.28. The summed E-state index contributed by atoms with van der Waals surface area (Å²) in [6.07, 6.45) is 0. The van der Waals surface area contributed by atoms with Crippen molar-refractivity contribution in [2.24, 2.45) is 0 Å². The van der Waals surface area contributed by atoms with Crippen LogP contribution in [0.4, 0.5) is 0 Å². The van der Waals surface area contributed by atoms with E-state index in [2.05, 4.69) is 52.0 Å². The predicted molar refractivity (Wildman–Crippen MR) is 58.5 cm³/mol. The van der Waals surface area contributed by atoms with Gasteiger partial charge in [-0.1, -0.05) is 52.0 Å². The van der Waals surface area contributed by atoms with E-state index in [1.165, 1.54) is 11.1 Å². The Morgan fingerprint density at radius 3 is 1.43 bits per heavy atom. The lowest BCUT2D eigenvalue weighted by Gasteiger charge is -2.09. The third-order valence-electron chi connectivity index (χ3n) is 2.24. The normalized spacial score (nSPS) is 9.57. The third kappa shape index (κ3) is 3.90. The van der Waals surface area contributed by atoms with E-state index in [1.807, 2.05) is 0 Å². The molecule has 2 nitrogen and oxygen atoms in total. The van der Waals surface area contributed by atoms with E-state index < -0.39 is 0 Å². The molecule has 0 amide bonds. The summed E-state index contributed by atoms with van der Waals surface area (Å²) in [4.78, 5) is 0. The molecule has 0 spiro atoms. The third-order valence-corrected chi connectivity index (χ3v) is 2.24. The molecule has 0 aliphatic heterocycles. The van der Waals surface area contributed by atoms with Gasteiger partial charge in [0.25, 0.3) is 0 Å². The molecule has 1 aromatic carbocycles. The molecule has 0 aromatic heterocycles. The molecule has 0 saturated carbocycles. The molecule has 0 saturated heterocycles. The lowest BCUT2D eigenvalue weighted by atomic mass is 9.96. The fourth-order valence-corrected chi connectivity index (χ4v) is 1.28. The highest BCUT2D eigenvalue weighted by atomic mass is 16.0. The second kappa shape index (κ2) is 6.57. The Labute approximate surface area is 86.6 Å². The smallest absolute Gasteiger partial charge is 0.0219 e. The second-order valence-electron chi connectivity index (χ2n) is 3.98. The van der Waals surface area contributed by atoms with Crippen molar-refractivity contribution >= 4 is 0 Å². The molecule has 0 radical (unpaired) electrons. The number of benzene rings is 1. The minimum atomic E-state index is 0. The Morgan fingerprint density at radius 2 is 1.14 bits per heavy atom. The fourth-order valence-electron chi connectivity index (χ4n) is 1.28. The Kier molecular flexibility index (Phi) is 7.33. The van der Waals surface area contributed by atoms with Crippen molar-refractivity contribution in [2.45, 2.75) is 39.5 Å². The van der Waals surface area contributed by atoms with Gasteiger partial charge in [-0.2, -0.15) is 0 Å². The van der Waals surface area contributed by atoms with E-state index in [9.17, 15) is 0 Å². The first-order valence-electron chi connectivity index (χ1n) is 4.71. The van der Waals surface area contributed by atoms with Crippen LogP contribution in [0.3, 0.4) is 0 Å². The first-order chi connectivity index (χ1) is 5.61. The van der Waals surface area contributed by atoms with Gasteiger partial charge in [-0.3, -0.25) is 0 Å². The maximum atomic E-state index is 2.31. The van der Waals surface area contributed by atoms with Gasteiger partial charge in [0.1, 0.15) is 0 Å². The number of hydrogen-bond acceptors (Lipinski definition) is 2. The Balaban J connectivity index is 0. The van der Waals surface area contributed by atoms with Crippen LogP contribution in [-0.4, -0.2) is 11.0 Å². The van der Waals surface area contributed by atoms with Crippen molar-refractivity contribution in [3.05, 3.63) is 35.4 Å². The van der Waals surface area contributed by atoms with Crippen LogP contribution < -0.4 is 0 Å². The molecule has 0 aliphatic carbocycles. The van der Waals surface area contributed by atoms with Gasteiger partial charge < -0.3 is 11.0 Å². The van der Waals surface area contributed by atoms with E-state index in [1.54, 1.807) is 0 Å². The summed E-state index contributed by atoms with van der Waals surface area (Å²) in [5.41, 5.74) is 2.89. The molecule has 0 bridgehead atoms. The van der Waals surface area contributed by atoms with Gasteiger partial charge in [0.15, 0.2) is 0 Å². The second-order valence-corrected chi connectivity index (χ2v) is 3.98. The average Bonchev–Trinajstić information content (AvgIpc) is 2.04. The van der Waals surface area contributed by atoms with Crippen LogP contribution >= 0.6 is 0 Å². The van der Waals surface area contributed by atoms with Crippen LogP contribution in [0.5, 0.6) is 0 Å². The zero-order chi connectivity index (χ0) is 9.14. The first-order valence-corrected chi connectivity index (χ1v) is 4.71. The molecule has 14 heavy (non-hydrogen) atoms. The largest absolute Gasteiger partial charge is 0.870 e. The summed E-state index contributed by atoms with van der Waals surface area (Å²) < 4.78 is 0. The average molecular weight is 196 g/mol. The monoisotopic (exact) mass is 196 g/mol. The van der Waals surface area contributed by atoms with E-state index in [0.29, 0.717) is 11.8 Å². The molecular formula is C12H20O2-2. The predicted octanol–water partition coefficient (Wildman–Crippen LogP) is 3.58. The summed E-state index contributed by atoms with van der Waals surface area (Å²) in [7, 11) is 0. The van der Waals surface area contributed by atoms with Crippen molar-refractivity contribution in [1.29, 1.82) is 0 Å². The molecule has 0 unspecified atom stereocenters. The van der Waals surface area contributed by atoms with Crippen molar-refractivity contribution in [1.82, 2.24) is 0 Å². The SMILES string of the molecule is CC(C)c1cccc(C(C)C)c1.[OH-].[OH-]. The maximum absolute atomic E-state index is 2.31. The van der Waals surface area contributed by atoms with Crippen molar-refractivity contribution in [2.75, 3.05) is 0 Å². The fraction of sp³-hybridized carbons (Fsp3) is 0.500. The van der Waals surface area contributed by atoms with Crippen molar-refractivity contribution in [3.8, 4) is 0 Å². The molecule has 82 valence electrons. The van der Waals surface area contributed by atoms with Gasteiger partial charge in [-0.25, -0.2) is 0 Å². The summed E-state index contributed by atoms with van der Waals surface area (Å²) in [5, 5.41) is 0.